The van der Waals surface area contributed by atoms with Gasteiger partial charge in [0.05, 0.1) is 16.9 Å². The molecule has 1 aliphatic rings. The van der Waals surface area contributed by atoms with E-state index in [1.165, 1.54) is 0 Å². The highest BCUT2D eigenvalue weighted by atomic mass is 16.1. The van der Waals surface area contributed by atoms with Crippen molar-refractivity contribution >= 4 is 22.3 Å². The molecule has 0 saturated heterocycles. The number of aromatic nitrogens is 1. The fourth-order valence-electron chi connectivity index (χ4n) is 2.23. The summed E-state index contributed by atoms with van der Waals surface area (Å²) in [4.78, 5) is 14.4. The summed E-state index contributed by atoms with van der Waals surface area (Å²) in [5.41, 5.74) is 5.47. The SMILES string of the molecule is O=c1cc(N/N=C2/C=CCCC2)c2ccccc2[nH]1. The molecule has 1 aromatic heterocycles. The van der Waals surface area contributed by atoms with Crippen molar-refractivity contribution in [2.75, 3.05) is 5.43 Å². The third-order valence-electron chi connectivity index (χ3n) is 3.18. The average molecular weight is 253 g/mol. The number of hydrogen-bond donors (Lipinski definition) is 2. The van der Waals surface area contributed by atoms with Crippen molar-refractivity contribution in [3.8, 4) is 0 Å². The monoisotopic (exact) mass is 253 g/mol. The lowest BCUT2D eigenvalue weighted by molar-refractivity contribution is 0.877. The maximum absolute atomic E-state index is 11.6. The Hall–Kier alpha value is -2.36. The number of H-pyrrole nitrogens is 1. The first kappa shape index (κ1) is 11.7. The van der Waals surface area contributed by atoms with Crippen LogP contribution in [0.4, 0.5) is 5.69 Å². The highest BCUT2D eigenvalue weighted by Gasteiger charge is 2.03. The van der Waals surface area contributed by atoms with Gasteiger partial charge in [-0.2, -0.15) is 5.10 Å². The normalized spacial score (nSPS) is 16.9. The number of nitrogens with one attached hydrogen (secondary N) is 2. The Labute approximate surface area is 110 Å². The molecule has 0 spiro atoms. The molecule has 0 bridgehead atoms. The predicted octanol–water partition coefficient (Wildman–Crippen LogP) is 3.04. The smallest absolute Gasteiger partial charge is 0.250 e. The van der Waals surface area contributed by atoms with Gasteiger partial charge in [0.2, 0.25) is 0 Å². The Balaban J connectivity index is 1.98. The summed E-state index contributed by atoms with van der Waals surface area (Å²) in [6, 6.07) is 9.23. The Morgan fingerprint density at radius 3 is 3.00 bits per heavy atom. The fraction of sp³-hybridized carbons (Fsp3) is 0.200. The number of nitrogens with zero attached hydrogens (tertiary/aromatic N) is 1. The molecule has 0 aliphatic heterocycles. The van der Waals surface area contributed by atoms with Crippen LogP contribution in [0.1, 0.15) is 19.3 Å². The van der Waals surface area contributed by atoms with Gasteiger partial charge in [-0.3, -0.25) is 10.2 Å². The van der Waals surface area contributed by atoms with Gasteiger partial charge in [0.15, 0.2) is 0 Å². The van der Waals surface area contributed by atoms with Crippen LogP contribution in [0.5, 0.6) is 0 Å². The van der Waals surface area contributed by atoms with E-state index in [2.05, 4.69) is 21.6 Å². The van der Waals surface area contributed by atoms with E-state index < -0.39 is 0 Å². The number of fused-ring (bicyclic) bond motifs is 1. The topological polar surface area (TPSA) is 57.2 Å². The molecule has 0 saturated carbocycles. The van der Waals surface area contributed by atoms with Crippen LogP contribution in [0.2, 0.25) is 0 Å². The minimum Gasteiger partial charge on any atom is -0.322 e. The third-order valence-corrected chi connectivity index (χ3v) is 3.18. The van der Waals surface area contributed by atoms with Crippen LogP contribution in [0.25, 0.3) is 10.9 Å². The average Bonchev–Trinajstić information content (AvgIpc) is 2.45. The Kier molecular flexibility index (Phi) is 3.14. The zero-order valence-electron chi connectivity index (χ0n) is 10.5. The number of allylic oxidation sites excluding steroid dienone is 2. The molecule has 1 aliphatic carbocycles. The first-order chi connectivity index (χ1) is 9.33. The van der Waals surface area contributed by atoms with Crippen molar-refractivity contribution in [3.05, 3.63) is 52.8 Å². The maximum atomic E-state index is 11.6. The van der Waals surface area contributed by atoms with Crippen LogP contribution >= 0.6 is 0 Å². The van der Waals surface area contributed by atoms with E-state index in [9.17, 15) is 4.79 Å². The Bertz CT molecular complexity index is 713. The van der Waals surface area contributed by atoms with Crippen LogP contribution in [-0.2, 0) is 0 Å². The van der Waals surface area contributed by atoms with E-state index in [1.54, 1.807) is 6.07 Å². The number of aromatic amines is 1. The zero-order chi connectivity index (χ0) is 13.1. The number of pyridine rings is 1. The number of hydrogen-bond acceptors (Lipinski definition) is 3. The molecule has 4 nitrogen and oxygen atoms in total. The minimum absolute atomic E-state index is 0.124. The molecule has 0 fully saturated rings. The fourth-order valence-corrected chi connectivity index (χ4v) is 2.23. The van der Waals surface area contributed by atoms with Crippen molar-refractivity contribution in [2.24, 2.45) is 5.10 Å². The third kappa shape index (κ3) is 2.57. The lowest BCUT2D eigenvalue weighted by atomic mass is 10.1. The molecule has 0 unspecified atom stereocenters. The van der Waals surface area contributed by atoms with E-state index in [-0.39, 0.29) is 5.56 Å². The highest BCUT2D eigenvalue weighted by molar-refractivity contribution is 5.97. The molecule has 0 amide bonds. The van der Waals surface area contributed by atoms with E-state index in [0.29, 0.717) is 0 Å². The van der Waals surface area contributed by atoms with Gasteiger partial charge in [0.1, 0.15) is 0 Å². The quantitative estimate of drug-likeness (QED) is 0.808. The second-order valence-electron chi connectivity index (χ2n) is 4.60. The van der Waals surface area contributed by atoms with E-state index in [0.717, 1.165) is 41.6 Å². The Morgan fingerprint density at radius 2 is 2.16 bits per heavy atom. The van der Waals surface area contributed by atoms with Gasteiger partial charge in [-0.15, -0.1) is 0 Å². The molecule has 1 aromatic carbocycles. The van der Waals surface area contributed by atoms with Crippen LogP contribution in [0, 0.1) is 0 Å². The summed E-state index contributed by atoms with van der Waals surface area (Å²) < 4.78 is 0. The second-order valence-corrected chi connectivity index (χ2v) is 4.60. The van der Waals surface area contributed by atoms with Crippen LogP contribution < -0.4 is 11.0 Å². The van der Waals surface area contributed by atoms with Crippen molar-refractivity contribution in [1.29, 1.82) is 0 Å². The van der Waals surface area contributed by atoms with Gasteiger partial charge in [-0.25, -0.2) is 0 Å². The first-order valence-electron chi connectivity index (χ1n) is 6.44. The molecule has 2 N–H and O–H groups in total. The lowest BCUT2D eigenvalue weighted by Gasteiger charge is -2.08. The molecule has 1 heterocycles. The molecular weight excluding hydrogens is 238 g/mol. The van der Waals surface area contributed by atoms with Crippen molar-refractivity contribution < 1.29 is 0 Å². The first-order valence-corrected chi connectivity index (χ1v) is 6.44. The molecule has 96 valence electrons. The number of benzene rings is 1. The van der Waals surface area contributed by atoms with E-state index in [4.69, 9.17) is 0 Å². The number of hydrazone groups is 1. The Morgan fingerprint density at radius 1 is 1.26 bits per heavy atom. The summed E-state index contributed by atoms with van der Waals surface area (Å²) in [7, 11) is 0. The second kappa shape index (κ2) is 5.10. The number of anilines is 1. The van der Waals surface area contributed by atoms with Gasteiger partial charge in [0, 0.05) is 11.5 Å². The van der Waals surface area contributed by atoms with E-state index in [1.807, 2.05) is 30.3 Å². The lowest BCUT2D eigenvalue weighted by Crippen LogP contribution is -2.08. The summed E-state index contributed by atoms with van der Waals surface area (Å²) in [5, 5.41) is 5.34. The van der Waals surface area contributed by atoms with Gasteiger partial charge in [-0.05, 0) is 31.4 Å². The molecule has 0 radical (unpaired) electrons. The summed E-state index contributed by atoms with van der Waals surface area (Å²) in [5.74, 6) is 0. The summed E-state index contributed by atoms with van der Waals surface area (Å²) in [6.07, 6.45) is 7.39. The van der Waals surface area contributed by atoms with Gasteiger partial charge in [-0.1, -0.05) is 24.3 Å². The van der Waals surface area contributed by atoms with Crippen LogP contribution in [-0.4, -0.2) is 10.7 Å². The van der Waals surface area contributed by atoms with Gasteiger partial charge in [0.25, 0.3) is 5.56 Å². The van der Waals surface area contributed by atoms with Crippen molar-refractivity contribution in [2.45, 2.75) is 19.3 Å². The van der Waals surface area contributed by atoms with Crippen LogP contribution in [0.15, 0.2) is 52.4 Å². The number of para-hydroxylation sites is 1. The standard InChI is InChI=1S/C15H15N3O/c19-15-10-14(12-8-4-5-9-13(12)16-15)18-17-11-6-2-1-3-7-11/h2,4-6,8-10H,1,3,7H2,(H2,16,18,19)/b17-11-. The zero-order valence-corrected chi connectivity index (χ0v) is 10.5. The molecule has 19 heavy (non-hydrogen) atoms. The molecule has 4 heteroatoms. The van der Waals surface area contributed by atoms with Gasteiger partial charge >= 0.3 is 0 Å². The molecule has 3 rings (SSSR count). The van der Waals surface area contributed by atoms with Crippen molar-refractivity contribution in [1.82, 2.24) is 4.98 Å². The highest BCUT2D eigenvalue weighted by Crippen LogP contribution is 2.19. The van der Waals surface area contributed by atoms with Gasteiger partial charge < -0.3 is 4.98 Å². The summed E-state index contributed by atoms with van der Waals surface area (Å²) >= 11 is 0. The minimum atomic E-state index is -0.124. The molecule has 2 aromatic rings. The maximum Gasteiger partial charge on any atom is 0.250 e. The molecule has 0 atom stereocenters. The van der Waals surface area contributed by atoms with Crippen molar-refractivity contribution in [3.63, 3.8) is 0 Å². The van der Waals surface area contributed by atoms with E-state index >= 15 is 0 Å². The number of rotatable bonds is 2. The summed E-state index contributed by atoms with van der Waals surface area (Å²) in [6.45, 7) is 0. The van der Waals surface area contributed by atoms with Crippen LogP contribution in [0.3, 0.4) is 0 Å². The predicted molar refractivity (Wildman–Crippen MR) is 78.6 cm³/mol. The molecular formula is C15H15N3O. The largest absolute Gasteiger partial charge is 0.322 e.